The SMILES string of the molecule is COC(=O)CN1CCC[C@@H](OCc2cc(C(F)(F)F)cc(C(F)(F)F)c2)[C@H]1c1ccccc1.Cl.FC(F)(F)c1cc(CO[C@H]2CCCN[C@H]2c2ccccc2)cc(C(F)(F)F)c1. The fraction of sp³-hybridized carbons (Fsp3) is 0.419. The maximum atomic E-state index is 13.2. The summed E-state index contributed by atoms with van der Waals surface area (Å²) < 4.78 is 173. The molecule has 2 heterocycles. The molecular formula is C43H43ClF12N2O4. The van der Waals surface area contributed by atoms with Crippen molar-refractivity contribution in [3.05, 3.63) is 142 Å². The number of nitrogens with zero attached hydrogens (tertiary/aromatic N) is 1. The molecule has 19 heteroatoms. The fourth-order valence-corrected chi connectivity index (χ4v) is 7.33. The van der Waals surface area contributed by atoms with Gasteiger partial charge in [0.15, 0.2) is 0 Å². The number of hydrogen-bond donors (Lipinski definition) is 1. The minimum Gasteiger partial charge on any atom is -0.468 e. The molecule has 2 fully saturated rings. The Morgan fingerprint density at radius 2 is 1.03 bits per heavy atom. The first-order valence-electron chi connectivity index (χ1n) is 19.1. The number of halogens is 13. The van der Waals surface area contributed by atoms with Gasteiger partial charge in [-0.2, -0.15) is 52.7 Å². The van der Waals surface area contributed by atoms with Crippen LogP contribution >= 0.6 is 12.4 Å². The summed E-state index contributed by atoms with van der Waals surface area (Å²) in [5.41, 5.74) is -4.02. The van der Waals surface area contributed by atoms with Crippen molar-refractivity contribution in [3.8, 4) is 0 Å². The van der Waals surface area contributed by atoms with Gasteiger partial charge in [0.25, 0.3) is 0 Å². The first kappa shape index (κ1) is 50.3. The van der Waals surface area contributed by atoms with Gasteiger partial charge in [-0.25, -0.2) is 0 Å². The van der Waals surface area contributed by atoms with Crippen molar-refractivity contribution >= 4 is 18.4 Å². The average molecular weight is 915 g/mol. The van der Waals surface area contributed by atoms with Crippen LogP contribution in [0.1, 0.15) is 82.3 Å². The maximum Gasteiger partial charge on any atom is 0.416 e. The van der Waals surface area contributed by atoms with Gasteiger partial charge in [0.05, 0.1) is 73.4 Å². The number of carbonyl (C=O) groups excluding carboxylic acids is 1. The van der Waals surface area contributed by atoms with Crippen LogP contribution in [-0.2, 0) is 56.9 Å². The topological polar surface area (TPSA) is 60.0 Å². The standard InChI is InChI=1S/C23H23F6NO3.C20H19F6NO.ClH/c1-32-20(31)13-30-9-5-8-19(21(30)16-6-3-2-4-7-16)33-14-15-10-17(22(24,25)26)12-18(11-15)23(27,28)29;21-19(22,23)15-9-13(10-16(11-15)20(24,25)26)12-28-17-7-4-8-27-18(17)14-5-2-1-3-6-14;/h2-4,6-7,10-12,19,21H,5,8-9,13-14H2,1H3;1-3,5-6,9-11,17-18,27H,4,7-8,12H2;1H/t19-,21-;17-,18-;/m10./s1. The number of benzene rings is 4. The van der Waals surface area contributed by atoms with Crippen LogP contribution in [0.15, 0.2) is 97.1 Å². The van der Waals surface area contributed by atoms with Crippen LogP contribution in [0, 0.1) is 0 Å². The molecule has 62 heavy (non-hydrogen) atoms. The fourth-order valence-electron chi connectivity index (χ4n) is 7.33. The highest BCUT2D eigenvalue weighted by molar-refractivity contribution is 5.85. The predicted molar refractivity (Wildman–Crippen MR) is 206 cm³/mol. The van der Waals surface area contributed by atoms with Crippen LogP contribution in [0.4, 0.5) is 52.7 Å². The lowest BCUT2D eigenvalue weighted by Gasteiger charge is -2.41. The van der Waals surface area contributed by atoms with E-state index in [0.29, 0.717) is 50.1 Å². The Balaban J connectivity index is 0.000000272. The number of nitrogens with one attached hydrogen (secondary N) is 1. The highest BCUT2D eigenvalue weighted by Gasteiger charge is 2.39. The molecule has 2 aliphatic rings. The smallest absolute Gasteiger partial charge is 0.416 e. The molecule has 0 spiro atoms. The molecular weight excluding hydrogens is 872 g/mol. The Kier molecular flexibility index (Phi) is 17.3. The van der Waals surface area contributed by atoms with E-state index in [9.17, 15) is 57.5 Å². The molecule has 4 aromatic rings. The summed E-state index contributed by atoms with van der Waals surface area (Å²) in [7, 11) is 1.27. The lowest BCUT2D eigenvalue weighted by molar-refractivity contribution is -0.145. The van der Waals surface area contributed by atoms with Crippen LogP contribution in [0.2, 0.25) is 0 Å². The van der Waals surface area contributed by atoms with Crippen molar-refractivity contribution in [2.75, 3.05) is 26.7 Å². The zero-order valence-electron chi connectivity index (χ0n) is 32.9. The molecule has 0 radical (unpaired) electrons. The Labute approximate surface area is 355 Å². The van der Waals surface area contributed by atoms with Gasteiger partial charge in [-0.3, -0.25) is 9.69 Å². The number of piperidine rings is 2. The van der Waals surface area contributed by atoms with Crippen molar-refractivity contribution in [3.63, 3.8) is 0 Å². The predicted octanol–water partition coefficient (Wildman–Crippen LogP) is 11.8. The van der Waals surface area contributed by atoms with E-state index in [1.807, 2.05) is 53.4 Å². The molecule has 0 bridgehead atoms. The third-order valence-corrected chi connectivity index (χ3v) is 10.2. The van der Waals surface area contributed by atoms with E-state index >= 15 is 0 Å². The number of alkyl halides is 12. The Hall–Kier alpha value is -4.36. The van der Waals surface area contributed by atoms with Crippen LogP contribution in [0.3, 0.4) is 0 Å². The Morgan fingerprint density at radius 1 is 0.613 bits per heavy atom. The minimum atomic E-state index is -4.93. The molecule has 0 aromatic heterocycles. The number of hydrogen-bond acceptors (Lipinski definition) is 6. The van der Waals surface area contributed by atoms with Gasteiger partial charge in [0.1, 0.15) is 0 Å². The quantitative estimate of drug-likeness (QED) is 0.126. The van der Waals surface area contributed by atoms with Crippen molar-refractivity contribution in [2.24, 2.45) is 0 Å². The van der Waals surface area contributed by atoms with E-state index in [4.69, 9.17) is 14.2 Å². The second kappa shape index (κ2) is 21.3. The third kappa shape index (κ3) is 14.1. The van der Waals surface area contributed by atoms with Gasteiger partial charge in [-0.05, 0) is 97.4 Å². The normalized spacial score (nSPS) is 20.1. The van der Waals surface area contributed by atoms with Crippen molar-refractivity contribution < 1.29 is 71.7 Å². The highest BCUT2D eigenvalue weighted by atomic mass is 35.5. The number of likely N-dealkylation sites (tertiary alicyclic amines) is 1. The van der Waals surface area contributed by atoms with Crippen LogP contribution < -0.4 is 5.32 Å². The Morgan fingerprint density at radius 3 is 1.47 bits per heavy atom. The van der Waals surface area contributed by atoms with E-state index in [-0.39, 0.29) is 61.0 Å². The van der Waals surface area contributed by atoms with Gasteiger partial charge in [0, 0.05) is 0 Å². The lowest BCUT2D eigenvalue weighted by Crippen LogP contribution is -2.45. The second-order valence-electron chi connectivity index (χ2n) is 14.6. The number of carbonyl (C=O) groups is 1. The van der Waals surface area contributed by atoms with E-state index in [1.54, 1.807) is 12.1 Å². The van der Waals surface area contributed by atoms with Gasteiger partial charge < -0.3 is 19.5 Å². The number of ether oxygens (including phenoxy) is 3. The molecule has 0 aliphatic carbocycles. The van der Waals surface area contributed by atoms with E-state index in [0.717, 1.165) is 24.1 Å². The zero-order chi connectivity index (χ0) is 44.6. The molecule has 0 saturated carbocycles. The maximum absolute atomic E-state index is 13.2. The zero-order valence-corrected chi connectivity index (χ0v) is 33.8. The van der Waals surface area contributed by atoms with E-state index in [1.165, 1.54) is 7.11 Å². The third-order valence-electron chi connectivity index (χ3n) is 10.2. The van der Waals surface area contributed by atoms with Gasteiger partial charge in [-0.1, -0.05) is 60.7 Å². The summed E-state index contributed by atoms with van der Waals surface area (Å²) >= 11 is 0. The van der Waals surface area contributed by atoms with Crippen LogP contribution in [0.25, 0.3) is 0 Å². The minimum absolute atomic E-state index is 0. The molecule has 0 unspecified atom stereocenters. The molecule has 340 valence electrons. The summed E-state index contributed by atoms with van der Waals surface area (Å²) in [6.45, 7) is 0.547. The second-order valence-corrected chi connectivity index (χ2v) is 14.6. The van der Waals surface area contributed by atoms with E-state index in [2.05, 4.69) is 5.32 Å². The molecule has 6 rings (SSSR count). The van der Waals surface area contributed by atoms with Crippen molar-refractivity contribution in [2.45, 2.75) is 87.9 Å². The molecule has 0 amide bonds. The number of methoxy groups -OCH3 is 1. The van der Waals surface area contributed by atoms with Gasteiger partial charge >= 0.3 is 30.7 Å². The Bertz CT molecular complexity index is 1970. The van der Waals surface area contributed by atoms with Crippen molar-refractivity contribution in [1.29, 1.82) is 0 Å². The van der Waals surface area contributed by atoms with Gasteiger partial charge in [0.2, 0.25) is 0 Å². The first-order chi connectivity index (χ1) is 28.6. The van der Waals surface area contributed by atoms with Crippen LogP contribution in [0.5, 0.6) is 0 Å². The highest BCUT2D eigenvalue weighted by Crippen LogP contribution is 2.39. The average Bonchev–Trinajstić information content (AvgIpc) is 3.21. The largest absolute Gasteiger partial charge is 0.468 e. The monoisotopic (exact) mass is 914 g/mol. The molecule has 1 N–H and O–H groups in total. The summed E-state index contributed by atoms with van der Waals surface area (Å²) in [6.07, 6.45) is -17.8. The molecule has 6 nitrogen and oxygen atoms in total. The van der Waals surface area contributed by atoms with E-state index < -0.39 is 71.7 Å². The van der Waals surface area contributed by atoms with Crippen LogP contribution in [-0.4, -0.2) is 49.8 Å². The van der Waals surface area contributed by atoms with Gasteiger partial charge in [-0.15, -0.1) is 12.4 Å². The number of rotatable bonds is 10. The molecule has 4 atom stereocenters. The summed E-state index contributed by atoms with van der Waals surface area (Å²) in [5.74, 6) is -0.454. The summed E-state index contributed by atoms with van der Waals surface area (Å²) in [5, 5.41) is 3.31. The first-order valence-corrected chi connectivity index (χ1v) is 19.1. The number of esters is 1. The van der Waals surface area contributed by atoms with Crippen molar-refractivity contribution in [1.82, 2.24) is 10.2 Å². The summed E-state index contributed by atoms with van der Waals surface area (Å²) in [4.78, 5) is 13.7. The molecule has 4 aromatic carbocycles. The molecule has 2 saturated heterocycles. The molecule has 2 aliphatic heterocycles. The summed E-state index contributed by atoms with van der Waals surface area (Å²) in [6, 6.07) is 20.9. The lowest BCUT2D eigenvalue weighted by atomic mass is 9.92.